The number of aromatic nitrogens is 1. The molecular formula is C20H30N4OS. The number of nitrogens with one attached hydrogen (secondary N) is 2. The van der Waals surface area contributed by atoms with Crippen molar-refractivity contribution >= 4 is 17.3 Å². The Morgan fingerprint density at radius 1 is 1.19 bits per heavy atom. The van der Waals surface area contributed by atoms with Gasteiger partial charge in [-0.2, -0.15) is 0 Å². The SMILES string of the molecule is CN=C(NCCCCOCc1ccccc1)NCc1nc(C(C)C)cs1. The van der Waals surface area contributed by atoms with E-state index in [9.17, 15) is 0 Å². The highest BCUT2D eigenvalue weighted by Gasteiger charge is 2.06. The number of hydrogen-bond acceptors (Lipinski definition) is 4. The van der Waals surface area contributed by atoms with Crippen LogP contribution in [0.4, 0.5) is 0 Å². The summed E-state index contributed by atoms with van der Waals surface area (Å²) in [7, 11) is 1.79. The Balaban J connectivity index is 1.54. The van der Waals surface area contributed by atoms with Crippen LogP contribution in [0.2, 0.25) is 0 Å². The third-order valence-electron chi connectivity index (χ3n) is 3.91. The Morgan fingerprint density at radius 2 is 2.00 bits per heavy atom. The summed E-state index contributed by atoms with van der Waals surface area (Å²) < 4.78 is 5.70. The number of nitrogens with zero attached hydrogens (tertiary/aromatic N) is 2. The minimum absolute atomic E-state index is 0.474. The third kappa shape index (κ3) is 7.54. The average Bonchev–Trinajstić information content (AvgIpc) is 3.13. The summed E-state index contributed by atoms with van der Waals surface area (Å²) in [4.78, 5) is 8.89. The van der Waals surface area contributed by atoms with Crippen LogP contribution >= 0.6 is 11.3 Å². The first-order valence-corrected chi connectivity index (χ1v) is 10.1. The van der Waals surface area contributed by atoms with E-state index in [1.807, 2.05) is 18.2 Å². The molecule has 1 heterocycles. The second-order valence-electron chi connectivity index (χ2n) is 6.42. The number of hydrogen-bond donors (Lipinski definition) is 2. The van der Waals surface area contributed by atoms with Crippen molar-refractivity contribution in [1.29, 1.82) is 0 Å². The van der Waals surface area contributed by atoms with Crippen LogP contribution in [-0.2, 0) is 17.9 Å². The smallest absolute Gasteiger partial charge is 0.191 e. The van der Waals surface area contributed by atoms with Crippen LogP contribution in [0.5, 0.6) is 0 Å². The molecule has 2 aromatic rings. The van der Waals surface area contributed by atoms with Crippen molar-refractivity contribution in [2.75, 3.05) is 20.2 Å². The lowest BCUT2D eigenvalue weighted by molar-refractivity contribution is 0.117. The topological polar surface area (TPSA) is 58.5 Å². The zero-order chi connectivity index (χ0) is 18.6. The first-order chi connectivity index (χ1) is 12.7. The molecule has 0 bridgehead atoms. The van der Waals surface area contributed by atoms with Gasteiger partial charge in [0.15, 0.2) is 5.96 Å². The molecule has 0 spiro atoms. The maximum absolute atomic E-state index is 5.70. The number of ether oxygens (including phenoxy) is 1. The lowest BCUT2D eigenvalue weighted by Crippen LogP contribution is -2.37. The van der Waals surface area contributed by atoms with Crippen LogP contribution in [0.25, 0.3) is 0 Å². The summed E-state index contributed by atoms with van der Waals surface area (Å²) in [6.07, 6.45) is 2.07. The van der Waals surface area contributed by atoms with E-state index in [4.69, 9.17) is 4.74 Å². The molecule has 142 valence electrons. The number of aliphatic imine (C=N–C) groups is 1. The van der Waals surface area contributed by atoms with Crippen molar-refractivity contribution in [3.63, 3.8) is 0 Å². The summed E-state index contributed by atoms with van der Waals surface area (Å²) in [5, 5.41) is 9.88. The fourth-order valence-corrected chi connectivity index (χ4v) is 3.25. The molecule has 2 N–H and O–H groups in total. The molecule has 0 radical (unpaired) electrons. The van der Waals surface area contributed by atoms with Crippen molar-refractivity contribution in [2.45, 2.75) is 45.8 Å². The fraction of sp³-hybridized carbons (Fsp3) is 0.500. The first kappa shape index (κ1) is 20.4. The van der Waals surface area contributed by atoms with E-state index in [1.54, 1.807) is 18.4 Å². The minimum Gasteiger partial charge on any atom is -0.377 e. The van der Waals surface area contributed by atoms with Gasteiger partial charge < -0.3 is 15.4 Å². The Kier molecular flexibility index (Phi) is 9.14. The van der Waals surface area contributed by atoms with Crippen LogP contribution in [0.1, 0.15) is 48.9 Å². The van der Waals surface area contributed by atoms with Gasteiger partial charge in [0.05, 0.1) is 18.8 Å². The molecule has 6 heteroatoms. The van der Waals surface area contributed by atoms with Gasteiger partial charge in [-0.3, -0.25) is 4.99 Å². The van der Waals surface area contributed by atoms with Gasteiger partial charge in [-0.15, -0.1) is 11.3 Å². The van der Waals surface area contributed by atoms with Gasteiger partial charge >= 0.3 is 0 Å². The summed E-state index contributed by atoms with van der Waals surface area (Å²) >= 11 is 1.69. The van der Waals surface area contributed by atoms with Crippen LogP contribution in [-0.4, -0.2) is 31.1 Å². The second kappa shape index (κ2) is 11.6. The summed E-state index contributed by atoms with van der Waals surface area (Å²) in [6.45, 7) is 7.37. The number of guanidine groups is 1. The number of unbranched alkanes of at least 4 members (excludes halogenated alkanes) is 1. The fourth-order valence-electron chi connectivity index (χ4n) is 2.35. The summed E-state index contributed by atoms with van der Waals surface area (Å²) in [6, 6.07) is 10.3. The molecule has 0 amide bonds. The monoisotopic (exact) mass is 374 g/mol. The lowest BCUT2D eigenvalue weighted by Gasteiger charge is -2.11. The van der Waals surface area contributed by atoms with Crippen molar-refractivity contribution in [3.8, 4) is 0 Å². The molecule has 5 nitrogen and oxygen atoms in total. The molecule has 0 fully saturated rings. The lowest BCUT2D eigenvalue weighted by atomic mass is 10.2. The molecule has 0 saturated carbocycles. The normalized spacial score (nSPS) is 11.8. The summed E-state index contributed by atoms with van der Waals surface area (Å²) in [5.74, 6) is 1.29. The second-order valence-corrected chi connectivity index (χ2v) is 7.36. The molecule has 2 rings (SSSR count). The first-order valence-electron chi connectivity index (χ1n) is 9.19. The maximum Gasteiger partial charge on any atom is 0.191 e. The van der Waals surface area contributed by atoms with Crippen LogP contribution in [0, 0.1) is 0 Å². The van der Waals surface area contributed by atoms with E-state index in [-0.39, 0.29) is 0 Å². The number of thiazole rings is 1. The average molecular weight is 375 g/mol. The van der Waals surface area contributed by atoms with E-state index < -0.39 is 0 Å². The molecule has 1 aromatic carbocycles. The van der Waals surface area contributed by atoms with Gasteiger partial charge in [0.2, 0.25) is 0 Å². The van der Waals surface area contributed by atoms with Gasteiger partial charge in [0.25, 0.3) is 0 Å². The van der Waals surface area contributed by atoms with Gasteiger partial charge in [0.1, 0.15) is 5.01 Å². The van der Waals surface area contributed by atoms with Crippen LogP contribution < -0.4 is 10.6 Å². The maximum atomic E-state index is 5.70. The molecule has 0 aliphatic heterocycles. The van der Waals surface area contributed by atoms with Gasteiger partial charge in [0, 0.05) is 25.6 Å². The zero-order valence-corrected chi connectivity index (χ0v) is 16.8. The molecule has 0 atom stereocenters. The van der Waals surface area contributed by atoms with Crippen molar-refractivity contribution in [2.24, 2.45) is 4.99 Å². The number of rotatable bonds is 10. The van der Waals surface area contributed by atoms with E-state index >= 15 is 0 Å². The molecular weight excluding hydrogens is 344 g/mol. The molecule has 0 aliphatic rings. The highest BCUT2D eigenvalue weighted by atomic mass is 32.1. The van der Waals surface area contributed by atoms with Gasteiger partial charge in [-0.05, 0) is 24.3 Å². The minimum atomic E-state index is 0.474. The predicted molar refractivity (Wildman–Crippen MR) is 110 cm³/mol. The van der Waals surface area contributed by atoms with E-state index in [1.165, 1.54) is 5.56 Å². The molecule has 0 aliphatic carbocycles. The Morgan fingerprint density at radius 3 is 2.69 bits per heavy atom. The molecule has 1 aromatic heterocycles. The standard InChI is InChI=1S/C20H30N4OS/c1-16(2)18-15-26-19(24-18)13-23-20(21-3)22-11-7-8-12-25-14-17-9-5-4-6-10-17/h4-6,9-10,15-16H,7-8,11-14H2,1-3H3,(H2,21,22,23). The molecule has 26 heavy (non-hydrogen) atoms. The van der Waals surface area contributed by atoms with Crippen LogP contribution in [0.15, 0.2) is 40.7 Å². The van der Waals surface area contributed by atoms with Crippen molar-refractivity contribution < 1.29 is 4.74 Å². The quantitative estimate of drug-likeness (QED) is 0.376. The van der Waals surface area contributed by atoms with Gasteiger partial charge in [-0.1, -0.05) is 44.2 Å². The zero-order valence-electron chi connectivity index (χ0n) is 16.0. The summed E-state index contributed by atoms with van der Waals surface area (Å²) in [5.41, 5.74) is 2.38. The van der Waals surface area contributed by atoms with Crippen molar-refractivity contribution in [3.05, 3.63) is 52.0 Å². The Labute approximate surface area is 160 Å². The molecule has 0 saturated heterocycles. The Bertz CT molecular complexity index is 655. The Hall–Kier alpha value is -1.92. The van der Waals surface area contributed by atoms with E-state index in [0.29, 0.717) is 19.1 Å². The van der Waals surface area contributed by atoms with Crippen molar-refractivity contribution in [1.82, 2.24) is 15.6 Å². The van der Waals surface area contributed by atoms with Crippen LogP contribution in [0.3, 0.4) is 0 Å². The highest BCUT2D eigenvalue weighted by Crippen LogP contribution is 2.17. The predicted octanol–water partition coefficient (Wildman–Crippen LogP) is 3.93. The third-order valence-corrected chi connectivity index (χ3v) is 4.78. The van der Waals surface area contributed by atoms with E-state index in [0.717, 1.165) is 42.7 Å². The number of benzene rings is 1. The van der Waals surface area contributed by atoms with Gasteiger partial charge in [-0.25, -0.2) is 4.98 Å². The largest absolute Gasteiger partial charge is 0.377 e. The molecule has 0 unspecified atom stereocenters. The van der Waals surface area contributed by atoms with E-state index in [2.05, 4.69) is 52.0 Å². The highest BCUT2D eigenvalue weighted by molar-refractivity contribution is 7.09.